The topological polar surface area (TPSA) is 65.0 Å². The van der Waals surface area contributed by atoms with Gasteiger partial charge in [-0.15, -0.1) is 0 Å². The molecule has 0 unspecified atom stereocenters. The van der Waals surface area contributed by atoms with Gasteiger partial charge in [0, 0.05) is 6.42 Å². The summed E-state index contributed by atoms with van der Waals surface area (Å²) in [6, 6.07) is 3.81. The first kappa shape index (κ1) is 17.1. The predicted octanol–water partition coefficient (Wildman–Crippen LogP) is 3.43. The number of rotatable bonds is 10. The Hall–Kier alpha value is -1.91. The minimum Gasteiger partial charge on any atom is -0.493 e. The Kier molecular flexibility index (Phi) is 7.43. The average molecular weight is 296 g/mol. The second-order valence-corrected chi connectivity index (χ2v) is 4.90. The van der Waals surface area contributed by atoms with Crippen LogP contribution in [0, 0.1) is 6.92 Å². The Balaban J connectivity index is 2.42. The molecule has 0 atom stereocenters. The van der Waals surface area contributed by atoms with Gasteiger partial charge in [0.05, 0.1) is 20.8 Å². The van der Waals surface area contributed by atoms with Crippen LogP contribution in [0.1, 0.15) is 37.7 Å². The average Bonchev–Trinajstić information content (AvgIpc) is 2.46. The van der Waals surface area contributed by atoms with Gasteiger partial charge < -0.3 is 19.3 Å². The lowest BCUT2D eigenvalue weighted by Gasteiger charge is -2.15. The molecule has 5 nitrogen and oxygen atoms in total. The molecule has 1 N–H and O–H groups in total. The third-order valence-electron chi connectivity index (χ3n) is 3.14. The van der Waals surface area contributed by atoms with Gasteiger partial charge in [0.25, 0.3) is 0 Å². The Morgan fingerprint density at radius 3 is 2.14 bits per heavy atom. The number of methoxy groups -OCH3 is 2. The van der Waals surface area contributed by atoms with Crippen molar-refractivity contribution in [3.8, 4) is 17.2 Å². The van der Waals surface area contributed by atoms with Crippen molar-refractivity contribution in [2.45, 2.75) is 39.0 Å². The van der Waals surface area contributed by atoms with E-state index in [1.165, 1.54) is 0 Å². The Morgan fingerprint density at radius 1 is 1.05 bits per heavy atom. The number of unbranched alkanes of at least 4 members (excludes halogenated alkanes) is 3. The summed E-state index contributed by atoms with van der Waals surface area (Å²) in [5, 5.41) is 8.55. The lowest BCUT2D eigenvalue weighted by atomic mass is 10.1. The fourth-order valence-electron chi connectivity index (χ4n) is 2.06. The summed E-state index contributed by atoms with van der Waals surface area (Å²) in [4.78, 5) is 10.4. The summed E-state index contributed by atoms with van der Waals surface area (Å²) in [5.74, 6) is 1.21. The number of carboxylic acid groups (broad SMARTS) is 1. The molecule has 0 aliphatic carbocycles. The Morgan fingerprint density at radius 2 is 1.62 bits per heavy atom. The van der Waals surface area contributed by atoms with E-state index in [9.17, 15) is 4.79 Å². The zero-order valence-electron chi connectivity index (χ0n) is 13.0. The van der Waals surface area contributed by atoms with Crippen LogP contribution in [0.5, 0.6) is 17.2 Å². The maximum Gasteiger partial charge on any atom is 0.303 e. The van der Waals surface area contributed by atoms with Crippen molar-refractivity contribution in [2.75, 3.05) is 20.8 Å². The van der Waals surface area contributed by atoms with Crippen molar-refractivity contribution in [2.24, 2.45) is 0 Å². The van der Waals surface area contributed by atoms with Crippen LogP contribution in [0.15, 0.2) is 12.1 Å². The highest BCUT2D eigenvalue weighted by Crippen LogP contribution is 2.38. The summed E-state index contributed by atoms with van der Waals surface area (Å²) >= 11 is 0. The lowest BCUT2D eigenvalue weighted by molar-refractivity contribution is -0.137. The maximum atomic E-state index is 10.4. The lowest BCUT2D eigenvalue weighted by Crippen LogP contribution is -2.02. The highest BCUT2D eigenvalue weighted by Gasteiger charge is 2.12. The van der Waals surface area contributed by atoms with E-state index < -0.39 is 5.97 Å². The summed E-state index contributed by atoms with van der Waals surface area (Å²) < 4.78 is 16.4. The van der Waals surface area contributed by atoms with E-state index in [2.05, 4.69) is 0 Å². The molecule has 0 fully saturated rings. The first-order valence-electron chi connectivity index (χ1n) is 7.15. The molecular weight excluding hydrogens is 272 g/mol. The van der Waals surface area contributed by atoms with E-state index in [0.717, 1.165) is 24.8 Å². The number of benzene rings is 1. The summed E-state index contributed by atoms with van der Waals surface area (Å²) in [6.07, 6.45) is 3.67. The van der Waals surface area contributed by atoms with Gasteiger partial charge in [-0.25, -0.2) is 0 Å². The second kappa shape index (κ2) is 9.10. The van der Waals surface area contributed by atoms with Crippen molar-refractivity contribution in [1.29, 1.82) is 0 Å². The second-order valence-electron chi connectivity index (χ2n) is 4.90. The highest BCUT2D eigenvalue weighted by molar-refractivity contribution is 5.66. The van der Waals surface area contributed by atoms with E-state index in [0.29, 0.717) is 30.3 Å². The molecule has 5 heteroatoms. The number of hydrogen-bond acceptors (Lipinski definition) is 4. The van der Waals surface area contributed by atoms with Crippen LogP contribution >= 0.6 is 0 Å². The smallest absolute Gasteiger partial charge is 0.303 e. The molecule has 21 heavy (non-hydrogen) atoms. The Labute approximate surface area is 125 Å². The van der Waals surface area contributed by atoms with E-state index in [1.807, 2.05) is 19.1 Å². The zero-order valence-corrected chi connectivity index (χ0v) is 13.0. The molecule has 0 bridgehead atoms. The van der Waals surface area contributed by atoms with Crippen molar-refractivity contribution < 1.29 is 24.1 Å². The largest absolute Gasteiger partial charge is 0.493 e. The molecule has 0 aromatic heterocycles. The van der Waals surface area contributed by atoms with Crippen LogP contribution in [-0.2, 0) is 4.79 Å². The third-order valence-corrected chi connectivity index (χ3v) is 3.14. The van der Waals surface area contributed by atoms with Gasteiger partial charge in [0.1, 0.15) is 0 Å². The summed E-state index contributed by atoms with van der Waals surface area (Å²) in [6.45, 7) is 2.53. The van der Waals surface area contributed by atoms with Crippen LogP contribution in [0.25, 0.3) is 0 Å². The van der Waals surface area contributed by atoms with Crippen molar-refractivity contribution in [1.82, 2.24) is 0 Å². The molecule has 0 radical (unpaired) electrons. The van der Waals surface area contributed by atoms with Crippen LogP contribution in [0.4, 0.5) is 0 Å². The van der Waals surface area contributed by atoms with E-state index in [-0.39, 0.29) is 6.42 Å². The van der Waals surface area contributed by atoms with Crippen molar-refractivity contribution in [3.05, 3.63) is 17.7 Å². The monoisotopic (exact) mass is 296 g/mol. The van der Waals surface area contributed by atoms with Crippen LogP contribution in [-0.4, -0.2) is 31.9 Å². The fraction of sp³-hybridized carbons (Fsp3) is 0.562. The summed E-state index contributed by atoms with van der Waals surface area (Å²) in [7, 11) is 3.21. The van der Waals surface area contributed by atoms with Crippen LogP contribution in [0.2, 0.25) is 0 Å². The first-order chi connectivity index (χ1) is 10.1. The number of ether oxygens (including phenoxy) is 3. The van der Waals surface area contributed by atoms with E-state index >= 15 is 0 Å². The number of hydrogen-bond donors (Lipinski definition) is 1. The molecular formula is C16H24O5. The maximum absolute atomic E-state index is 10.4. The van der Waals surface area contributed by atoms with Gasteiger partial charge in [0.2, 0.25) is 5.75 Å². The van der Waals surface area contributed by atoms with Gasteiger partial charge in [0.15, 0.2) is 11.5 Å². The third kappa shape index (κ3) is 5.94. The van der Waals surface area contributed by atoms with Gasteiger partial charge >= 0.3 is 5.97 Å². The highest BCUT2D eigenvalue weighted by atomic mass is 16.5. The minimum absolute atomic E-state index is 0.237. The standard InChI is InChI=1S/C16H24O5/c1-12-10-13(19-2)16(14(11-12)20-3)21-9-7-5-4-6-8-15(17)18/h10-11H,4-9H2,1-3H3,(H,17,18). The molecule has 0 saturated heterocycles. The predicted molar refractivity (Wildman–Crippen MR) is 80.5 cm³/mol. The molecule has 0 heterocycles. The normalized spacial score (nSPS) is 10.2. The number of carbonyl (C=O) groups is 1. The molecule has 0 aliphatic rings. The first-order valence-corrected chi connectivity index (χ1v) is 7.15. The molecule has 0 saturated carbocycles. The number of aliphatic carboxylic acids is 1. The molecule has 1 aromatic rings. The molecule has 0 spiro atoms. The number of aryl methyl sites for hydroxylation is 1. The zero-order chi connectivity index (χ0) is 15.7. The van der Waals surface area contributed by atoms with Crippen LogP contribution < -0.4 is 14.2 Å². The van der Waals surface area contributed by atoms with Gasteiger partial charge in [-0.1, -0.05) is 12.8 Å². The van der Waals surface area contributed by atoms with Crippen LogP contribution in [0.3, 0.4) is 0 Å². The number of carboxylic acids is 1. The van der Waals surface area contributed by atoms with Crippen molar-refractivity contribution in [3.63, 3.8) is 0 Å². The molecule has 1 rings (SSSR count). The summed E-state index contributed by atoms with van der Waals surface area (Å²) in [5.41, 5.74) is 1.05. The fourth-order valence-corrected chi connectivity index (χ4v) is 2.06. The molecule has 0 aliphatic heterocycles. The molecule has 118 valence electrons. The van der Waals surface area contributed by atoms with E-state index in [4.69, 9.17) is 19.3 Å². The van der Waals surface area contributed by atoms with E-state index in [1.54, 1.807) is 14.2 Å². The van der Waals surface area contributed by atoms with Gasteiger partial charge in [-0.05, 0) is 37.5 Å². The minimum atomic E-state index is -0.736. The van der Waals surface area contributed by atoms with Gasteiger partial charge in [-0.2, -0.15) is 0 Å². The van der Waals surface area contributed by atoms with Crippen molar-refractivity contribution >= 4 is 5.97 Å². The SMILES string of the molecule is COc1cc(C)cc(OC)c1OCCCCCCC(=O)O. The molecule has 0 amide bonds. The molecule has 1 aromatic carbocycles. The Bertz CT molecular complexity index is 431. The quantitative estimate of drug-likeness (QED) is 0.670. The van der Waals surface area contributed by atoms with Gasteiger partial charge in [-0.3, -0.25) is 4.79 Å².